The lowest BCUT2D eigenvalue weighted by Gasteiger charge is -2.33. The van der Waals surface area contributed by atoms with E-state index in [4.69, 9.17) is 16.3 Å². The van der Waals surface area contributed by atoms with Crippen LogP contribution in [0.2, 0.25) is 5.02 Å². The summed E-state index contributed by atoms with van der Waals surface area (Å²) in [5, 5.41) is 0.422. The molecule has 2 aromatic carbocycles. The van der Waals surface area contributed by atoms with Gasteiger partial charge in [0.05, 0.1) is 23.1 Å². The van der Waals surface area contributed by atoms with Crippen LogP contribution in [-0.2, 0) is 24.3 Å². The van der Waals surface area contributed by atoms with Gasteiger partial charge in [-0.05, 0) is 56.2 Å². The zero-order chi connectivity index (χ0) is 22.4. The van der Waals surface area contributed by atoms with Gasteiger partial charge in [0.15, 0.2) is 0 Å². The van der Waals surface area contributed by atoms with Crippen molar-refractivity contribution in [2.24, 2.45) is 5.92 Å². The smallest absolute Gasteiger partial charge is 0.309 e. The first-order valence-electron chi connectivity index (χ1n) is 10.1. The molecule has 0 aromatic heterocycles. The molecule has 0 unspecified atom stereocenters. The van der Waals surface area contributed by atoms with Crippen molar-refractivity contribution >= 4 is 39.2 Å². The predicted octanol–water partition coefficient (Wildman–Crippen LogP) is 3.34. The summed E-state index contributed by atoms with van der Waals surface area (Å²) in [7, 11) is -3.98. The molecule has 0 aliphatic carbocycles. The summed E-state index contributed by atoms with van der Waals surface area (Å²) in [4.78, 5) is 26.6. The molecule has 9 heteroatoms. The summed E-state index contributed by atoms with van der Waals surface area (Å²) in [6, 6.07) is 14.3. The van der Waals surface area contributed by atoms with Gasteiger partial charge in [-0.2, -0.15) is 0 Å². The van der Waals surface area contributed by atoms with Crippen molar-refractivity contribution in [3.05, 3.63) is 59.6 Å². The summed E-state index contributed by atoms with van der Waals surface area (Å²) in [6.07, 6.45) is 1.000. The highest BCUT2D eigenvalue weighted by atomic mass is 35.5. The van der Waals surface area contributed by atoms with E-state index in [1.807, 2.05) is 0 Å². The van der Waals surface area contributed by atoms with Crippen molar-refractivity contribution in [1.29, 1.82) is 0 Å². The Morgan fingerprint density at radius 1 is 1.06 bits per heavy atom. The van der Waals surface area contributed by atoms with Crippen molar-refractivity contribution in [3.8, 4) is 0 Å². The minimum Gasteiger partial charge on any atom is -0.466 e. The zero-order valence-corrected chi connectivity index (χ0v) is 18.8. The number of para-hydroxylation sites is 1. The number of carbonyl (C=O) groups is 2. The molecule has 0 radical (unpaired) electrons. The third kappa shape index (κ3) is 5.57. The highest BCUT2D eigenvalue weighted by Gasteiger charge is 2.32. The van der Waals surface area contributed by atoms with Crippen LogP contribution < -0.4 is 4.31 Å². The number of ether oxygens (including phenoxy) is 1. The number of esters is 1. The molecule has 1 heterocycles. The van der Waals surface area contributed by atoms with Gasteiger partial charge < -0.3 is 9.64 Å². The molecule has 0 bridgehead atoms. The van der Waals surface area contributed by atoms with Crippen LogP contribution in [0, 0.1) is 5.92 Å². The topological polar surface area (TPSA) is 84.0 Å². The van der Waals surface area contributed by atoms with E-state index in [0.29, 0.717) is 43.2 Å². The molecule has 0 saturated carbocycles. The zero-order valence-electron chi connectivity index (χ0n) is 17.2. The fraction of sp³-hybridized carbons (Fsp3) is 0.364. The average Bonchev–Trinajstić information content (AvgIpc) is 2.78. The molecule has 166 valence electrons. The monoisotopic (exact) mass is 464 g/mol. The number of carbonyl (C=O) groups excluding carboxylic acids is 2. The number of piperidine rings is 1. The van der Waals surface area contributed by atoms with Crippen LogP contribution in [-0.4, -0.2) is 51.4 Å². The Labute approximate surface area is 187 Å². The van der Waals surface area contributed by atoms with Crippen LogP contribution in [0.1, 0.15) is 19.8 Å². The van der Waals surface area contributed by atoms with Crippen LogP contribution in [0.25, 0.3) is 0 Å². The Kier molecular flexibility index (Phi) is 7.56. The first-order chi connectivity index (χ1) is 14.8. The van der Waals surface area contributed by atoms with Crippen LogP contribution >= 0.6 is 11.6 Å². The van der Waals surface area contributed by atoms with Crippen LogP contribution in [0.3, 0.4) is 0 Å². The number of nitrogens with zero attached hydrogens (tertiary/aromatic N) is 2. The molecule has 2 aromatic rings. The van der Waals surface area contributed by atoms with E-state index >= 15 is 0 Å². The lowest BCUT2D eigenvalue weighted by Crippen LogP contribution is -2.46. The van der Waals surface area contributed by atoms with E-state index in [-0.39, 0.29) is 29.2 Å². The first-order valence-corrected chi connectivity index (χ1v) is 11.9. The summed E-state index contributed by atoms with van der Waals surface area (Å²) in [6.45, 7) is 2.51. The third-order valence-electron chi connectivity index (χ3n) is 5.19. The molecule has 1 saturated heterocycles. The number of halogens is 1. The summed E-state index contributed by atoms with van der Waals surface area (Å²) in [5.74, 6) is -0.790. The number of sulfonamides is 1. The van der Waals surface area contributed by atoms with Crippen LogP contribution in [0.4, 0.5) is 5.69 Å². The second-order valence-electron chi connectivity index (χ2n) is 7.21. The highest BCUT2D eigenvalue weighted by molar-refractivity contribution is 7.92. The van der Waals surface area contributed by atoms with E-state index in [0.717, 1.165) is 4.31 Å². The number of likely N-dealkylation sites (tertiary alicyclic amines) is 1. The van der Waals surface area contributed by atoms with Crippen LogP contribution in [0.15, 0.2) is 59.5 Å². The first kappa shape index (κ1) is 23.1. The van der Waals surface area contributed by atoms with Crippen molar-refractivity contribution in [2.75, 3.05) is 30.5 Å². The second-order valence-corrected chi connectivity index (χ2v) is 9.51. The van der Waals surface area contributed by atoms with E-state index in [1.54, 1.807) is 42.2 Å². The van der Waals surface area contributed by atoms with Gasteiger partial charge in [-0.1, -0.05) is 29.8 Å². The fourth-order valence-electron chi connectivity index (χ4n) is 3.49. The molecule has 7 nitrogen and oxygen atoms in total. The maximum Gasteiger partial charge on any atom is 0.309 e. The standard InChI is InChI=1S/C22H25ClN2O5S/c1-2-30-22(27)17-12-14-24(15-13-17)21(26)16-25(19-6-4-3-5-7-19)31(28,29)20-10-8-18(23)9-11-20/h3-11,17H,2,12-16H2,1H3. The fourth-order valence-corrected chi connectivity index (χ4v) is 5.03. The summed E-state index contributed by atoms with van der Waals surface area (Å²) in [5.41, 5.74) is 0.396. The second kappa shape index (κ2) is 10.2. The highest BCUT2D eigenvalue weighted by Crippen LogP contribution is 2.25. The largest absolute Gasteiger partial charge is 0.466 e. The lowest BCUT2D eigenvalue weighted by atomic mass is 9.97. The molecule has 1 aliphatic rings. The summed E-state index contributed by atoms with van der Waals surface area (Å²) >= 11 is 5.90. The Balaban J connectivity index is 1.78. The molecule has 0 atom stereocenters. The van der Waals surface area contributed by atoms with Crippen molar-refractivity contribution in [3.63, 3.8) is 0 Å². The number of rotatable bonds is 7. The lowest BCUT2D eigenvalue weighted by molar-refractivity contribution is -0.151. The maximum absolute atomic E-state index is 13.3. The Bertz CT molecular complexity index is 1000. The molecular formula is C22H25ClN2O5S. The minimum atomic E-state index is -3.98. The maximum atomic E-state index is 13.3. The minimum absolute atomic E-state index is 0.0505. The predicted molar refractivity (Wildman–Crippen MR) is 118 cm³/mol. The number of hydrogen-bond acceptors (Lipinski definition) is 5. The van der Waals surface area contributed by atoms with Gasteiger partial charge in [-0.25, -0.2) is 8.42 Å². The number of hydrogen-bond donors (Lipinski definition) is 0. The Morgan fingerprint density at radius 2 is 1.68 bits per heavy atom. The van der Waals surface area contributed by atoms with Crippen LogP contribution in [0.5, 0.6) is 0 Å². The molecule has 0 spiro atoms. The number of anilines is 1. The average molecular weight is 465 g/mol. The van der Waals surface area contributed by atoms with Crippen molar-refractivity contribution in [1.82, 2.24) is 4.90 Å². The van der Waals surface area contributed by atoms with E-state index in [2.05, 4.69) is 0 Å². The van der Waals surface area contributed by atoms with E-state index in [9.17, 15) is 18.0 Å². The van der Waals surface area contributed by atoms with E-state index in [1.165, 1.54) is 24.3 Å². The van der Waals surface area contributed by atoms with Gasteiger partial charge in [-0.3, -0.25) is 13.9 Å². The Hall–Kier alpha value is -2.58. The molecule has 1 fully saturated rings. The van der Waals surface area contributed by atoms with Gasteiger partial charge in [0, 0.05) is 18.1 Å². The molecule has 1 aliphatic heterocycles. The van der Waals surface area contributed by atoms with Gasteiger partial charge in [0.25, 0.3) is 10.0 Å². The summed E-state index contributed by atoms with van der Waals surface area (Å²) < 4.78 is 32.8. The Morgan fingerprint density at radius 3 is 2.26 bits per heavy atom. The van der Waals surface area contributed by atoms with Crippen molar-refractivity contribution < 1.29 is 22.7 Å². The molecular weight excluding hydrogens is 440 g/mol. The number of amides is 1. The van der Waals surface area contributed by atoms with Gasteiger partial charge >= 0.3 is 5.97 Å². The quantitative estimate of drug-likeness (QED) is 0.587. The molecule has 31 heavy (non-hydrogen) atoms. The molecule has 1 amide bonds. The van der Waals surface area contributed by atoms with E-state index < -0.39 is 10.0 Å². The normalized spacial score (nSPS) is 14.8. The van der Waals surface area contributed by atoms with Gasteiger partial charge in [-0.15, -0.1) is 0 Å². The molecule has 0 N–H and O–H groups in total. The number of benzene rings is 2. The van der Waals surface area contributed by atoms with Gasteiger partial charge in [0.2, 0.25) is 5.91 Å². The van der Waals surface area contributed by atoms with Gasteiger partial charge in [0.1, 0.15) is 6.54 Å². The van der Waals surface area contributed by atoms with Crippen molar-refractivity contribution in [2.45, 2.75) is 24.7 Å². The third-order valence-corrected chi connectivity index (χ3v) is 7.23. The SMILES string of the molecule is CCOC(=O)C1CCN(C(=O)CN(c2ccccc2)S(=O)(=O)c2ccc(Cl)cc2)CC1. The molecule has 3 rings (SSSR count).